The summed E-state index contributed by atoms with van der Waals surface area (Å²) in [5.74, 6) is 0.587. The van der Waals surface area contributed by atoms with Crippen LogP contribution in [0.5, 0.6) is 11.5 Å². The summed E-state index contributed by atoms with van der Waals surface area (Å²) in [6.45, 7) is 14.4. The van der Waals surface area contributed by atoms with Gasteiger partial charge >= 0.3 is 5.97 Å². The Labute approximate surface area is 174 Å². The highest BCUT2D eigenvalue weighted by atomic mass is 19.1. The van der Waals surface area contributed by atoms with Crippen LogP contribution in [0.1, 0.15) is 52.9 Å². The first kappa shape index (κ1) is 26.4. The lowest BCUT2D eigenvalue weighted by atomic mass is 10.2. The van der Waals surface area contributed by atoms with E-state index in [0.29, 0.717) is 11.5 Å². The van der Waals surface area contributed by atoms with Crippen molar-refractivity contribution in [1.82, 2.24) is 9.78 Å². The van der Waals surface area contributed by atoms with Gasteiger partial charge in [-0.1, -0.05) is 13.8 Å². The van der Waals surface area contributed by atoms with E-state index in [-0.39, 0.29) is 13.3 Å². The van der Waals surface area contributed by atoms with Gasteiger partial charge in [0, 0.05) is 11.8 Å². The fraction of sp³-hybridized carbons (Fsp3) is 0.545. The Balaban J connectivity index is 0.00000143. The van der Waals surface area contributed by atoms with Crippen LogP contribution in [0.25, 0.3) is 5.69 Å². The third kappa shape index (κ3) is 9.45. The summed E-state index contributed by atoms with van der Waals surface area (Å²) in [5.41, 5.74) is 2.29. The van der Waals surface area contributed by atoms with Gasteiger partial charge in [-0.25, -0.2) is 9.48 Å². The summed E-state index contributed by atoms with van der Waals surface area (Å²) >= 11 is 0. The molecular weight excluding hydrogens is 375 g/mol. The number of esters is 1. The van der Waals surface area contributed by atoms with Crippen molar-refractivity contribution in [2.75, 3.05) is 20.4 Å². The number of benzene rings is 1. The summed E-state index contributed by atoms with van der Waals surface area (Å²) in [6.07, 6.45) is 0. The van der Waals surface area contributed by atoms with Gasteiger partial charge in [-0.3, -0.25) is 4.39 Å². The molecule has 0 N–H and O–H groups in total. The van der Waals surface area contributed by atoms with Crippen LogP contribution in [-0.2, 0) is 9.53 Å². The van der Waals surface area contributed by atoms with Gasteiger partial charge in [-0.15, -0.1) is 0 Å². The highest BCUT2D eigenvalue weighted by Crippen LogP contribution is 2.30. The molecule has 0 atom stereocenters. The summed E-state index contributed by atoms with van der Waals surface area (Å²) in [4.78, 5) is 11.8. The molecule has 2 rings (SSSR count). The predicted octanol–water partition coefficient (Wildman–Crippen LogP) is 5.22. The molecule has 0 saturated carbocycles. The van der Waals surface area contributed by atoms with Crippen LogP contribution < -0.4 is 9.47 Å². The van der Waals surface area contributed by atoms with Crippen molar-refractivity contribution in [3.05, 3.63) is 35.7 Å². The molecule has 0 aliphatic carbocycles. The Morgan fingerprint density at radius 2 is 1.72 bits per heavy atom. The van der Waals surface area contributed by atoms with Crippen molar-refractivity contribution >= 4 is 5.97 Å². The molecule has 1 aromatic heterocycles. The van der Waals surface area contributed by atoms with Crippen LogP contribution in [0.15, 0.2) is 24.3 Å². The van der Waals surface area contributed by atoms with E-state index in [2.05, 4.69) is 5.10 Å². The number of aromatic nitrogens is 2. The Hall–Kier alpha value is -2.57. The van der Waals surface area contributed by atoms with Gasteiger partial charge in [-0.05, 0) is 59.7 Å². The largest absolute Gasteiger partial charge is 0.493 e. The first-order chi connectivity index (χ1) is 13.6. The summed E-state index contributed by atoms with van der Waals surface area (Å²) in [6, 6.07) is 7.45. The fourth-order valence-electron chi connectivity index (χ4n) is 2.31. The zero-order valence-electron chi connectivity index (χ0n) is 19.1. The van der Waals surface area contributed by atoms with Crippen molar-refractivity contribution < 1.29 is 23.4 Å². The fourth-order valence-corrected chi connectivity index (χ4v) is 2.31. The van der Waals surface area contributed by atoms with Gasteiger partial charge in [0.05, 0.1) is 25.2 Å². The van der Waals surface area contributed by atoms with E-state index in [9.17, 15) is 9.18 Å². The number of carbonyl (C=O) groups excluding carboxylic acids is 1. The lowest BCUT2D eigenvalue weighted by Gasteiger charge is -2.20. The molecule has 0 bridgehead atoms. The van der Waals surface area contributed by atoms with Crippen LogP contribution in [-0.4, -0.2) is 41.7 Å². The maximum Gasteiger partial charge on any atom is 0.344 e. The van der Waals surface area contributed by atoms with Gasteiger partial charge in [-0.2, -0.15) is 5.10 Å². The van der Waals surface area contributed by atoms with Crippen LogP contribution in [0, 0.1) is 13.8 Å². The van der Waals surface area contributed by atoms with E-state index >= 15 is 0 Å². The molecule has 6 nitrogen and oxygen atoms in total. The molecule has 0 saturated heterocycles. The zero-order valence-corrected chi connectivity index (χ0v) is 19.1. The molecule has 7 heteroatoms. The molecule has 0 unspecified atom stereocenters. The van der Waals surface area contributed by atoms with Crippen LogP contribution in [0.4, 0.5) is 4.39 Å². The van der Waals surface area contributed by atoms with Gasteiger partial charge < -0.3 is 14.2 Å². The average molecular weight is 411 g/mol. The maximum atomic E-state index is 11.8. The summed E-state index contributed by atoms with van der Waals surface area (Å²) in [7, 11) is 1.56. The molecule has 0 aliphatic rings. The quantitative estimate of drug-likeness (QED) is 0.633. The normalized spacial score (nSPS) is 10.1. The summed E-state index contributed by atoms with van der Waals surface area (Å²) < 4.78 is 28.2. The van der Waals surface area contributed by atoms with Gasteiger partial charge in [0.1, 0.15) is 5.60 Å². The smallest absolute Gasteiger partial charge is 0.344 e. The molecule has 1 aromatic carbocycles. The van der Waals surface area contributed by atoms with Gasteiger partial charge in [0.15, 0.2) is 18.1 Å². The van der Waals surface area contributed by atoms with Gasteiger partial charge in [0.2, 0.25) is 0 Å². The minimum Gasteiger partial charge on any atom is -0.493 e. The number of nitrogens with zero attached hydrogens (tertiary/aromatic N) is 2. The van der Waals surface area contributed by atoms with Crippen molar-refractivity contribution in [1.29, 1.82) is 0 Å². The Morgan fingerprint density at radius 3 is 2.17 bits per heavy atom. The molecule has 1 heterocycles. The second-order valence-electron chi connectivity index (χ2n) is 6.82. The van der Waals surface area contributed by atoms with Gasteiger partial charge in [0.25, 0.3) is 0 Å². The number of alkyl halides is 1. The highest BCUT2D eigenvalue weighted by molar-refractivity contribution is 5.71. The molecule has 0 aliphatic heterocycles. The van der Waals surface area contributed by atoms with E-state index in [1.165, 1.54) is 6.92 Å². The van der Waals surface area contributed by atoms with Crippen LogP contribution in [0.2, 0.25) is 0 Å². The Bertz CT molecular complexity index is 752. The van der Waals surface area contributed by atoms with E-state index in [4.69, 9.17) is 14.2 Å². The second-order valence-corrected chi connectivity index (χ2v) is 6.82. The van der Waals surface area contributed by atoms with Crippen LogP contribution >= 0.6 is 0 Å². The molecule has 164 valence electrons. The highest BCUT2D eigenvalue weighted by Gasteiger charge is 2.17. The lowest BCUT2D eigenvalue weighted by Crippen LogP contribution is -2.27. The Kier molecular flexibility index (Phi) is 11.7. The topological polar surface area (TPSA) is 62.6 Å². The number of rotatable bonds is 5. The monoisotopic (exact) mass is 410 g/mol. The number of hydrogen-bond donors (Lipinski definition) is 0. The molecule has 2 aromatic rings. The minimum absolute atomic E-state index is 0.174. The number of aryl methyl sites for hydroxylation is 2. The molecular formula is C22H35FN2O4. The zero-order chi connectivity index (χ0) is 22.6. The third-order valence-corrected chi connectivity index (χ3v) is 3.17. The van der Waals surface area contributed by atoms with Crippen molar-refractivity contribution in [3.8, 4) is 17.2 Å². The molecule has 0 radical (unpaired) electrons. The third-order valence-electron chi connectivity index (χ3n) is 3.17. The van der Waals surface area contributed by atoms with Crippen molar-refractivity contribution in [2.45, 2.75) is 61.0 Å². The van der Waals surface area contributed by atoms with Crippen LogP contribution in [0.3, 0.4) is 0 Å². The SMILES string of the molecule is CC.CCF.COc1cc(-n2nc(C)cc2C)ccc1OCC(=O)OC(C)(C)C. The maximum absolute atomic E-state index is 11.8. The molecule has 29 heavy (non-hydrogen) atoms. The van der Waals surface area contributed by atoms with E-state index in [1.807, 2.05) is 71.3 Å². The number of halogens is 1. The first-order valence-corrected chi connectivity index (χ1v) is 9.73. The summed E-state index contributed by atoms with van der Waals surface area (Å²) in [5, 5.41) is 4.45. The Morgan fingerprint density at radius 1 is 1.14 bits per heavy atom. The standard InChI is InChI=1S/C18H24N2O4.C2H5F.C2H6/c1-12-9-13(2)20(19-12)14-7-8-15(16(10-14)22-6)23-11-17(21)24-18(3,4)5;1-2-3;1-2/h7-10H,11H2,1-6H3;2H2,1H3;1-2H3. The number of methoxy groups -OCH3 is 1. The molecule has 0 amide bonds. The van der Waals surface area contributed by atoms with E-state index < -0.39 is 11.6 Å². The lowest BCUT2D eigenvalue weighted by molar-refractivity contribution is -0.157. The number of ether oxygens (including phenoxy) is 3. The second kappa shape index (κ2) is 12.8. The van der Waals surface area contributed by atoms with Crippen molar-refractivity contribution in [2.24, 2.45) is 0 Å². The predicted molar refractivity (Wildman–Crippen MR) is 114 cm³/mol. The number of hydrogen-bond acceptors (Lipinski definition) is 5. The average Bonchev–Trinajstić information content (AvgIpc) is 2.99. The van der Waals surface area contributed by atoms with E-state index in [1.54, 1.807) is 13.2 Å². The first-order valence-electron chi connectivity index (χ1n) is 9.73. The number of carbonyl (C=O) groups is 1. The molecule has 0 fully saturated rings. The van der Waals surface area contributed by atoms with Crippen molar-refractivity contribution in [3.63, 3.8) is 0 Å². The van der Waals surface area contributed by atoms with E-state index in [0.717, 1.165) is 17.1 Å². The minimum atomic E-state index is -0.538. The molecule has 0 spiro atoms.